The van der Waals surface area contributed by atoms with E-state index in [1.54, 1.807) is 0 Å². The van der Waals surface area contributed by atoms with Crippen molar-refractivity contribution in [1.82, 2.24) is 20.4 Å². The van der Waals surface area contributed by atoms with Gasteiger partial charge in [0.25, 0.3) is 0 Å². The summed E-state index contributed by atoms with van der Waals surface area (Å²) in [7, 11) is 8.00. The van der Waals surface area contributed by atoms with Gasteiger partial charge >= 0.3 is 0 Å². The number of rotatable bonds is 5. The summed E-state index contributed by atoms with van der Waals surface area (Å²) in [6.45, 7) is 8.48. The van der Waals surface area contributed by atoms with Crippen LogP contribution >= 0.6 is 0 Å². The molecule has 0 saturated carbocycles. The fourth-order valence-electron chi connectivity index (χ4n) is 1.50. The van der Waals surface area contributed by atoms with E-state index in [1.165, 1.54) is 0 Å². The van der Waals surface area contributed by atoms with Gasteiger partial charge in [0.15, 0.2) is 12.2 Å². The number of nitrogens with zero attached hydrogens (tertiary/aromatic N) is 3. The first kappa shape index (κ1) is 16.2. The molecule has 0 aliphatic rings. The lowest BCUT2D eigenvalue weighted by atomic mass is 10.3. The standard InChI is InChI=1S/C12H29N5/c1-9(2)13-11(14-10(3)4)15-12(16(5)6)17(7)8/h9-11,13-14H,1-8H3. The quantitative estimate of drug-likeness (QED) is 0.425. The maximum absolute atomic E-state index is 4.70. The molecule has 0 heterocycles. The van der Waals surface area contributed by atoms with Crippen LogP contribution in [0.4, 0.5) is 0 Å². The van der Waals surface area contributed by atoms with Gasteiger partial charge in [-0.1, -0.05) is 0 Å². The SMILES string of the molecule is CC(C)NC(N=C(N(C)C)N(C)C)NC(C)C. The molecule has 0 atom stereocenters. The highest BCUT2D eigenvalue weighted by Gasteiger charge is 2.13. The highest BCUT2D eigenvalue weighted by atomic mass is 15.4. The van der Waals surface area contributed by atoms with Crippen LogP contribution in [-0.2, 0) is 0 Å². The van der Waals surface area contributed by atoms with E-state index in [0.717, 1.165) is 5.96 Å². The molecule has 0 aromatic carbocycles. The number of hydrogen-bond acceptors (Lipinski definition) is 3. The summed E-state index contributed by atoms with van der Waals surface area (Å²) in [6.07, 6.45) is -0.0604. The molecule has 5 heteroatoms. The van der Waals surface area contributed by atoms with Gasteiger partial charge in [0.1, 0.15) is 0 Å². The zero-order valence-corrected chi connectivity index (χ0v) is 12.6. The van der Waals surface area contributed by atoms with Crippen LogP contribution in [0.3, 0.4) is 0 Å². The minimum Gasteiger partial charge on any atom is -0.349 e. The minimum absolute atomic E-state index is 0.0604. The van der Waals surface area contributed by atoms with Crippen molar-refractivity contribution in [3.63, 3.8) is 0 Å². The summed E-state index contributed by atoms with van der Waals surface area (Å²) in [5.74, 6) is 0.941. The van der Waals surface area contributed by atoms with Gasteiger partial charge in [-0.25, -0.2) is 4.99 Å². The average Bonchev–Trinajstić information content (AvgIpc) is 2.10. The lowest BCUT2D eigenvalue weighted by molar-refractivity contribution is 0.363. The van der Waals surface area contributed by atoms with E-state index in [2.05, 4.69) is 38.3 Å². The van der Waals surface area contributed by atoms with Crippen LogP contribution < -0.4 is 10.6 Å². The molecule has 102 valence electrons. The van der Waals surface area contributed by atoms with Crippen LogP contribution in [0.1, 0.15) is 27.7 Å². The molecular weight excluding hydrogens is 214 g/mol. The molecule has 0 amide bonds. The van der Waals surface area contributed by atoms with Gasteiger partial charge in [-0.05, 0) is 27.7 Å². The van der Waals surface area contributed by atoms with Crippen molar-refractivity contribution < 1.29 is 0 Å². The van der Waals surface area contributed by atoms with Gasteiger partial charge in [0, 0.05) is 40.3 Å². The second-order valence-corrected chi connectivity index (χ2v) is 5.26. The molecule has 0 radical (unpaired) electrons. The summed E-state index contributed by atoms with van der Waals surface area (Å²) in [5.41, 5.74) is 0. The maximum atomic E-state index is 4.70. The largest absolute Gasteiger partial charge is 0.349 e. The van der Waals surface area contributed by atoms with E-state index >= 15 is 0 Å². The molecule has 0 rings (SSSR count). The van der Waals surface area contributed by atoms with Crippen molar-refractivity contribution in [2.45, 2.75) is 46.1 Å². The third-order valence-electron chi connectivity index (χ3n) is 2.03. The molecule has 0 spiro atoms. The van der Waals surface area contributed by atoms with E-state index in [4.69, 9.17) is 4.99 Å². The molecule has 0 aromatic heterocycles. The summed E-state index contributed by atoms with van der Waals surface area (Å²) >= 11 is 0. The normalized spacial score (nSPS) is 11.2. The fraction of sp³-hybridized carbons (Fsp3) is 0.917. The third-order valence-corrected chi connectivity index (χ3v) is 2.03. The Morgan fingerprint density at radius 1 is 0.824 bits per heavy atom. The predicted molar refractivity (Wildman–Crippen MR) is 75.1 cm³/mol. The molecule has 2 N–H and O–H groups in total. The van der Waals surface area contributed by atoms with E-state index in [-0.39, 0.29) is 6.29 Å². The third kappa shape index (κ3) is 7.18. The van der Waals surface area contributed by atoms with E-state index in [9.17, 15) is 0 Å². The highest BCUT2D eigenvalue weighted by molar-refractivity contribution is 5.79. The van der Waals surface area contributed by atoms with Crippen molar-refractivity contribution in [3.8, 4) is 0 Å². The molecule has 0 aliphatic heterocycles. The number of nitrogens with one attached hydrogen (secondary N) is 2. The van der Waals surface area contributed by atoms with Gasteiger partial charge in [-0.3, -0.25) is 10.6 Å². The zero-order valence-electron chi connectivity index (χ0n) is 12.6. The second kappa shape index (κ2) is 7.50. The predicted octanol–water partition coefficient (Wildman–Crippen LogP) is 0.745. The maximum Gasteiger partial charge on any atom is 0.198 e. The zero-order chi connectivity index (χ0) is 13.6. The number of hydrogen-bond donors (Lipinski definition) is 2. The van der Waals surface area contributed by atoms with Gasteiger partial charge in [0.2, 0.25) is 0 Å². The van der Waals surface area contributed by atoms with Crippen molar-refractivity contribution in [2.75, 3.05) is 28.2 Å². The van der Waals surface area contributed by atoms with Crippen LogP contribution in [-0.4, -0.2) is 62.3 Å². The Morgan fingerprint density at radius 2 is 1.18 bits per heavy atom. The van der Waals surface area contributed by atoms with Crippen LogP contribution in [0.2, 0.25) is 0 Å². The van der Waals surface area contributed by atoms with Crippen molar-refractivity contribution >= 4 is 5.96 Å². The monoisotopic (exact) mass is 243 g/mol. The highest BCUT2D eigenvalue weighted by Crippen LogP contribution is 1.95. The van der Waals surface area contributed by atoms with Gasteiger partial charge < -0.3 is 9.80 Å². The molecule has 5 nitrogen and oxygen atoms in total. The lowest BCUT2D eigenvalue weighted by Gasteiger charge is -2.27. The minimum atomic E-state index is -0.0604. The Bertz CT molecular complexity index is 213. The molecule has 0 aromatic rings. The molecular formula is C12H29N5. The number of guanidine groups is 1. The Hall–Kier alpha value is -0.810. The summed E-state index contributed by atoms with van der Waals surface area (Å²) < 4.78 is 0. The van der Waals surface area contributed by atoms with Crippen LogP contribution in [0.5, 0.6) is 0 Å². The van der Waals surface area contributed by atoms with Crippen LogP contribution in [0.15, 0.2) is 4.99 Å². The summed E-state index contributed by atoms with van der Waals surface area (Å²) in [4.78, 5) is 8.72. The van der Waals surface area contributed by atoms with Crippen molar-refractivity contribution in [1.29, 1.82) is 0 Å². The molecule has 0 saturated heterocycles. The first-order chi connectivity index (χ1) is 7.73. The van der Waals surface area contributed by atoms with E-state index in [1.807, 2.05) is 38.0 Å². The van der Waals surface area contributed by atoms with E-state index < -0.39 is 0 Å². The fourth-order valence-corrected chi connectivity index (χ4v) is 1.50. The van der Waals surface area contributed by atoms with E-state index in [0.29, 0.717) is 12.1 Å². The summed E-state index contributed by atoms with van der Waals surface area (Å²) in [5, 5.41) is 6.80. The van der Waals surface area contributed by atoms with Gasteiger partial charge in [-0.15, -0.1) is 0 Å². The Labute approximate surface area is 106 Å². The molecule has 17 heavy (non-hydrogen) atoms. The lowest BCUT2D eigenvalue weighted by Crippen LogP contribution is -2.49. The first-order valence-corrected chi connectivity index (χ1v) is 6.18. The van der Waals surface area contributed by atoms with Crippen LogP contribution in [0.25, 0.3) is 0 Å². The van der Waals surface area contributed by atoms with Crippen molar-refractivity contribution in [2.24, 2.45) is 4.99 Å². The Kier molecular flexibility index (Phi) is 7.15. The topological polar surface area (TPSA) is 42.9 Å². The van der Waals surface area contributed by atoms with Crippen LogP contribution in [0, 0.1) is 0 Å². The molecule has 0 unspecified atom stereocenters. The molecule has 0 aliphatic carbocycles. The van der Waals surface area contributed by atoms with Gasteiger partial charge in [0.05, 0.1) is 0 Å². The Morgan fingerprint density at radius 3 is 1.41 bits per heavy atom. The number of aliphatic imine (C=N–C) groups is 1. The molecule has 0 bridgehead atoms. The van der Waals surface area contributed by atoms with Gasteiger partial charge in [-0.2, -0.15) is 0 Å². The molecule has 0 fully saturated rings. The smallest absolute Gasteiger partial charge is 0.198 e. The first-order valence-electron chi connectivity index (χ1n) is 6.18. The average molecular weight is 243 g/mol. The van der Waals surface area contributed by atoms with Crippen molar-refractivity contribution in [3.05, 3.63) is 0 Å². The Balaban J connectivity index is 4.82. The second-order valence-electron chi connectivity index (χ2n) is 5.26. The summed E-state index contributed by atoms with van der Waals surface area (Å²) in [6, 6.07) is 0.779.